The van der Waals surface area contributed by atoms with Crippen molar-refractivity contribution in [2.75, 3.05) is 32.6 Å². The van der Waals surface area contributed by atoms with Gasteiger partial charge in [0.1, 0.15) is 5.82 Å². The van der Waals surface area contributed by atoms with Crippen molar-refractivity contribution in [1.29, 1.82) is 0 Å². The summed E-state index contributed by atoms with van der Waals surface area (Å²) in [6.07, 6.45) is 7.44. The average Bonchev–Trinajstić information content (AvgIpc) is 3.29. The number of ether oxygens (including phenoxy) is 1. The average molecular weight is 462 g/mol. The van der Waals surface area contributed by atoms with E-state index in [0.29, 0.717) is 26.1 Å². The third-order valence-electron chi connectivity index (χ3n) is 7.05. The summed E-state index contributed by atoms with van der Waals surface area (Å²) in [5, 5.41) is 4.57. The first-order chi connectivity index (χ1) is 15.3. The van der Waals surface area contributed by atoms with Crippen molar-refractivity contribution in [1.82, 2.24) is 14.1 Å². The summed E-state index contributed by atoms with van der Waals surface area (Å²) in [4.78, 5) is 0. The summed E-state index contributed by atoms with van der Waals surface area (Å²) in [5.41, 5.74) is 4.26. The highest BCUT2D eigenvalue weighted by Crippen LogP contribution is 2.53. The number of methoxy groups -OCH3 is 1. The molecular weight excluding hydrogens is 429 g/mol. The fourth-order valence-corrected chi connectivity index (χ4v) is 6.72. The van der Waals surface area contributed by atoms with Gasteiger partial charge in [0.15, 0.2) is 0 Å². The number of halogens is 1. The van der Waals surface area contributed by atoms with Crippen LogP contribution >= 0.6 is 0 Å². The molecule has 1 saturated carbocycles. The van der Waals surface area contributed by atoms with Crippen LogP contribution in [0.1, 0.15) is 44.4 Å². The Balaban J connectivity index is 1.60. The van der Waals surface area contributed by atoms with E-state index in [1.807, 2.05) is 17.8 Å². The summed E-state index contributed by atoms with van der Waals surface area (Å²) in [5.74, 6) is 0.132. The molecular formula is C24H32FN3O3S. The third kappa shape index (κ3) is 4.28. The lowest BCUT2D eigenvalue weighted by Gasteiger charge is -2.38. The van der Waals surface area contributed by atoms with Gasteiger partial charge in [-0.1, -0.05) is 19.4 Å². The molecule has 2 aromatic rings. The van der Waals surface area contributed by atoms with E-state index in [0.717, 1.165) is 36.2 Å². The normalized spacial score (nSPS) is 22.7. The van der Waals surface area contributed by atoms with Gasteiger partial charge in [-0.25, -0.2) is 17.5 Å². The molecule has 0 spiro atoms. The number of sulfonamides is 1. The smallest absolute Gasteiger partial charge is 0.214 e. The summed E-state index contributed by atoms with van der Waals surface area (Å²) >= 11 is 0. The molecule has 1 fully saturated rings. The van der Waals surface area contributed by atoms with Crippen LogP contribution in [0.25, 0.3) is 11.8 Å². The minimum atomic E-state index is -3.31. The van der Waals surface area contributed by atoms with Crippen molar-refractivity contribution in [3.05, 3.63) is 53.1 Å². The number of hydrogen-bond donors (Lipinski definition) is 0. The number of hydrogen-bond acceptors (Lipinski definition) is 4. The minimum Gasteiger partial charge on any atom is -0.383 e. The fourth-order valence-electron chi connectivity index (χ4n) is 5.18. The maximum Gasteiger partial charge on any atom is 0.214 e. The zero-order chi connectivity index (χ0) is 22.9. The van der Waals surface area contributed by atoms with Gasteiger partial charge in [0.25, 0.3) is 0 Å². The fraction of sp³-hybridized carbons (Fsp3) is 0.542. The van der Waals surface area contributed by atoms with Crippen LogP contribution in [0.4, 0.5) is 4.39 Å². The monoisotopic (exact) mass is 461 g/mol. The van der Waals surface area contributed by atoms with E-state index >= 15 is 0 Å². The van der Waals surface area contributed by atoms with E-state index in [4.69, 9.17) is 4.74 Å². The Morgan fingerprint density at radius 3 is 2.75 bits per heavy atom. The lowest BCUT2D eigenvalue weighted by Crippen LogP contribution is -2.43. The topological polar surface area (TPSA) is 64.4 Å². The van der Waals surface area contributed by atoms with Crippen molar-refractivity contribution in [3.8, 4) is 5.69 Å². The number of benzene rings is 1. The molecule has 2 aliphatic rings. The van der Waals surface area contributed by atoms with Gasteiger partial charge < -0.3 is 4.74 Å². The standard InChI is InChI=1S/C24H32FN3O3S/c1-4-13-32(29,30)27(11-12-31-3)17-20-6-5-19-14-23-18(15-24(19,20)2)16-26-28(23)22-9-7-21(25)8-10-22/h7-10,14,16,20H,4-6,11-13,15,17H2,1-3H3/t20-,24+/m1/s1. The van der Waals surface area contributed by atoms with E-state index in [-0.39, 0.29) is 22.9 Å². The van der Waals surface area contributed by atoms with Crippen LogP contribution in [-0.2, 0) is 21.2 Å². The van der Waals surface area contributed by atoms with E-state index in [2.05, 4.69) is 18.1 Å². The maximum absolute atomic E-state index is 13.4. The molecule has 1 aromatic heterocycles. The summed E-state index contributed by atoms with van der Waals surface area (Å²) in [6.45, 7) is 5.45. The summed E-state index contributed by atoms with van der Waals surface area (Å²) < 4.78 is 47.8. The van der Waals surface area contributed by atoms with Crippen LogP contribution in [0.15, 0.2) is 36.0 Å². The summed E-state index contributed by atoms with van der Waals surface area (Å²) in [7, 11) is -1.70. The highest BCUT2D eigenvalue weighted by atomic mass is 32.2. The number of fused-ring (bicyclic) bond motifs is 2. The van der Waals surface area contributed by atoms with Gasteiger partial charge in [0, 0.05) is 20.2 Å². The molecule has 1 aromatic carbocycles. The molecule has 0 amide bonds. The Kier molecular flexibility index (Phi) is 6.56. The number of aromatic nitrogens is 2. The largest absolute Gasteiger partial charge is 0.383 e. The molecule has 2 aliphatic carbocycles. The molecule has 0 saturated heterocycles. The van der Waals surface area contributed by atoms with Gasteiger partial charge in [-0.15, -0.1) is 0 Å². The Morgan fingerprint density at radius 2 is 2.06 bits per heavy atom. The van der Waals surface area contributed by atoms with E-state index < -0.39 is 10.0 Å². The molecule has 6 nitrogen and oxygen atoms in total. The Labute approximate surface area is 190 Å². The lowest BCUT2D eigenvalue weighted by atomic mass is 9.70. The van der Waals surface area contributed by atoms with Gasteiger partial charge in [-0.05, 0) is 72.9 Å². The SMILES string of the molecule is CCCS(=O)(=O)N(CCOC)C[C@H]1CCC2=Cc3c(cnn3-c3ccc(F)cc3)C[C@@]21C. The second kappa shape index (κ2) is 9.08. The Bertz CT molecular complexity index is 1090. The molecule has 0 radical (unpaired) electrons. The van der Waals surface area contributed by atoms with Gasteiger partial charge in [-0.3, -0.25) is 0 Å². The second-order valence-electron chi connectivity index (χ2n) is 9.11. The maximum atomic E-state index is 13.4. The first-order valence-electron chi connectivity index (χ1n) is 11.3. The molecule has 0 aliphatic heterocycles. The van der Waals surface area contributed by atoms with Crippen molar-refractivity contribution in [3.63, 3.8) is 0 Å². The molecule has 32 heavy (non-hydrogen) atoms. The molecule has 0 unspecified atom stereocenters. The minimum absolute atomic E-state index is 0.100. The molecule has 8 heteroatoms. The van der Waals surface area contributed by atoms with Gasteiger partial charge in [0.2, 0.25) is 10.0 Å². The molecule has 1 heterocycles. The first kappa shape index (κ1) is 23.1. The van der Waals surface area contributed by atoms with Crippen molar-refractivity contribution in [2.45, 2.75) is 39.5 Å². The van der Waals surface area contributed by atoms with Gasteiger partial charge in [-0.2, -0.15) is 9.40 Å². The number of rotatable bonds is 9. The molecule has 4 rings (SSSR count). The first-order valence-corrected chi connectivity index (χ1v) is 12.9. The molecule has 2 atom stereocenters. The van der Waals surface area contributed by atoms with Crippen LogP contribution in [0.5, 0.6) is 0 Å². The predicted octanol–water partition coefficient (Wildman–Crippen LogP) is 4.06. The van der Waals surface area contributed by atoms with Gasteiger partial charge >= 0.3 is 0 Å². The Hall–Kier alpha value is -2.03. The van der Waals surface area contributed by atoms with E-state index in [1.165, 1.54) is 17.7 Å². The second-order valence-corrected chi connectivity index (χ2v) is 11.2. The van der Waals surface area contributed by atoms with Crippen molar-refractivity contribution in [2.24, 2.45) is 11.3 Å². The molecule has 0 bridgehead atoms. The highest BCUT2D eigenvalue weighted by molar-refractivity contribution is 7.89. The van der Waals surface area contributed by atoms with Crippen molar-refractivity contribution < 1.29 is 17.5 Å². The summed E-state index contributed by atoms with van der Waals surface area (Å²) in [6, 6.07) is 6.36. The van der Waals surface area contributed by atoms with Crippen molar-refractivity contribution >= 4 is 16.1 Å². The third-order valence-corrected chi connectivity index (χ3v) is 9.09. The van der Waals surface area contributed by atoms with Gasteiger partial charge in [0.05, 0.1) is 29.9 Å². The predicted molar refractivity (Wildman–Crippen MR) is 124 cm³/mol. The van der Waals surface area contributed by atoms with E-state index in [9.17, 15) is 12.8 Å². The van der Waals surface area contributed by atoms with Crippen LogP contribution < -0.4 is 0 Å². The molecule has 0 N–H and O–H groups in total. The van der Waals surface area contributed by atoms with Crippen LogP contribution in [0.2, 0.25) is 0 Å². The number of nitrogens with zero attached hydrogens (tertiary/aromatic N) is 3. The Morgan fingerprint density at radius 1 is 1.31 bits per heavy atom. The highest BCUT2D eigenvalue weighted by Gasteiger charge is 2.46. The quantitative estimate of drug-likeness (QED) is 0.565. The lowest BCUT2D eigenvalue weighted by molar-refractivity contribution is 0.159. The van der Waals surface area contributed by atoms with Crippen LogP contribution in [-0.4, -0.2) is 55.1 Å². The zero-order valence-corrected chi connectivity index (χ0v) is 19.9. The zero-order valence-electron chi connectivity index (χ0n) is 19.1. The van der Waals surface area contributed by atoms with Crippen LogP contribution in [0, 0.1) is 17.2 Å². The van der Waals surface area contributed by atoms with Crippen LogP contribution in [0.3, 0.4) is 0 Å². The number of allylic oxidation sites excluding steroid dienone is 1. The molecule has 174 valence electrons. The van der Waals surface area contributed by atoms with E-state index in [1.54, 1.807) is 23.5 Å².